The lowest BCUT2D eigenvalue weighted by Gasteiger charge is -2.32. The number of halogens is 1. The summed E-state index contributed by atoms with van der Waals surface area (Å²) in [5, 5.41) is 7.89. The molecule has 4 rings (SSSR count). The summed E-state index contributed by atoms with van der Waals surface area (Å²) < 4.78 is 0. The molecule has 1 saturated heterocycles. The van der Waals surface area contributed by atoms with Gasteiger partial charge < -0.3 is 20.5 Å². The highest BCUT2D eigenvalue weighted by molar-refractivity contribution is 6.31. The number of benzene rings is 2. The van der Waals surface area contributed by atoms with E-state index >= 15 is 0 Å². The van der Waals surface area contributed by atoms with Crippen LogP contribution in [0.25, 0.3) is 10.9 Å². The summed E-state index contributed by atoms with van der Waals surface area (Å²) in [5.41, 5.74) is 3.14. The van der Waals surface area contributed by atoms with Crippen LogP contribution in [-0.4, -0.2) is 48.0 Å². The Hall–Kier alpha value is -2.99. The number of nitrogens with zero attached hydrogens (tertiary/aromatic N) is 1. The molecule has 7 heteroatoms. The van der Waals surface area contributed by atoms with Crippen LogP contribution in [0, 0.1) is 5.92 Å². The number of piperidine rings is 1. The number of likely N-dealkylation sites (tertiary alicyclic amines) is 1. The van der Waals surface area contributed by atoms with Gasteiger partial charge in [-0.3, -0.25) is 4.79 Å². The molecule has 3 amide bonds. The molecule has 3 N–H and O–H groups in total. The largest absolute Gasteiger partial charge is 0.361 e. The first-order chi connectivity index (χ1) is 16.1. The predicted molar refractivity (Wildman–Crippen MR) is 133 cm³/mol. The Bertz CT molecular complexity index is 1100. The van der Waals surface area contributed by atoms with Gasteiger partial charge in [0.15, 0.2) is 0 Å². The molecule has 0 bridgehead atoms. The molecule has 0 radical (unpaired) electrons. The summed E-state index contributed by atoms with van der Waals surface area (Å²) in [4.78, 5) is 30.3. The van der Waals surface area contributed by atoms with Gasteiger partial charge in [0, 0.05) is 60.1 Å². The van der Waals surface area contributed by atoms with E-state index in [-0.39, 0.29) is 23.8 Å². The topological polar surface area (TPSA) is 77.2 Å². The number of urea groups is 1. The van der Waals surface area contributed by atoms with Crippen LogP contribution in [0.3, 0.4) is 0 Å². The zero-order chi connectivity index (χ0) is 23.2. The smallest absolute Gasteiger partial charge is 0.317 e. The minimum Gasteiger partial charge on any atom is -0.361 e. The molecular weight excluding hydrogens is 436 g/mol. The number of rotatable bonds is 7. The second-order valence-electron chi connectivity index (χ2n) is 8.60. The zero-order valence-electron chi connectivity index (χ0n) is 18.9. The molecule has 1 atom stereocenters. The van der Waals surface area contributed by atoms with Gasteiger partial charge in [0.2, 0.25) is 5.91 Å². The Kier molecular flexibility index (Phi) is 7.55. The number of para-hydroxylation sites is 1. The van der Waals surface area contributed by atoms with E-state index < -0.39 is 0 Å². The number of aromatic nitrogens is 1. The van der Waals surface area contributed by atoms with Crippen LogP contribution in [0.4, 0.5) is 4.79 Å². The summed E-state index contributed by atoms with van der Waals surface area (Å²) in [7, 11) is 0. The number of hydrogen-bond acceptors (Lipinski definition) is 2. The zero-order valence-corrected chi connectivity index (χ0v) is 19.7. The normalized spacial score (nSPS) is 15.4. The van der Waals surface area contributed by atoms with E-state index in [1.807, 2.05) is 60.5 Å². The van der Waals surface area contributed by atoms with Crippen LogP contribution in [-0.2, 0) is 4.79 Å². The third-order valence-corrected chi connectivity index (χ3v) is 6.78. The fourth-order valence-corrected chi connectivity index (χ4v) is 4.83. The molecule has 1 unspecified atom stereocenters. The van der Waals surface area contributed by atoms with E-state index in [0.29, 0.717) is 44.0 Å². The minimum atomic E-state index is -0.0979. The summed E-state index contributed by atoms with van der Waals surface area (Å²) in [6, 6.07) is 15.8. The van der Waals surface area contributed by atoms with Crippen molar-refractivity contribution in [2.75, 3.05) is 26.2 Å². The second-order valence-corrected chi connectivity index (χ2v) is 9.01. The maximum Gasteiger partial charge on any atom is 0.317 e. The minimum absolute atomic E-state index is 0.0114. The van der Waals surface area contributed by atoms with Crippen molar-refractivity contribution >= 4 is 34.4 Å². The maximum absolute atomic E-state index is 13.0. The van der Waals surface area contributed by atoms with Crippen molar-refractivity contribution in [1.82, 2.24) is 20.5 Å². The standard InChI is InChI=1S/C26H31ClN4O2/c1-2-13-28-25(32)18-11-14-31(15-12-18)26(33)30-17-21(19-7-3-5-9-23(19)27)22-16-29-24-10-6-4-8-20(22)24/h3-10,16,18,21,29H,2,11-15,17H2,1H3,(H,28,32)(H,30,33). The van der Waals surface area contributed by atoms with Gasteiger partial charge in [0.25, 0.3) is 0 Å². The van der Waals surface area contributed by atoms with E-state index in [2.05, 4.69) is 21.7 Å². The van der Waals surface area contributed by atoms with Gasteiger partial charge in [0.1, 0.15) is 0 Å². The number of hydrogen-bond donors (Lipinski definition) is 3. The molecule has 174 valence electrons. The van der Waals surface area contributed by atoms with E-state index in [1.165, 1.54) is 0 Å². The summed E-state index contributed by atoms with van der Waals surface area (Å²) in [5.74, 6) is 0.00822. The first-order valence-corrected chi connectivity index (χ1v) is 12.1. The molecule has 1 aliphatic rings. The van der Waals surface area contributed by atoms with Crippen LogP contribution < -0.4 is 10.6 Å². The molecule has 2 heterocycles. The Morgan fingerprint density at radius 2 is 1.79 bits per heavy atom. The summed E-state index contributed by atoms with van der Waals surface area (Å²) in [6.07, 6.45) is 4.32. The van der Waals surface area contributed by atoms with Gasteiger partial charge in [-0.2, -0.15) is 0 Å². The molecule has 0 saturated carbocycles. The third-order valence-electron chi connectivity index (χ3n) is 6.44. The van der Waals surface area contributed by atoms with Crippen LogP contribution >= 0.6 is 11.6 Å². The predicted octanol–water partition coefficient (Wildman–Crippen LogP) is 4.90. The number of nitrogens with one attached hydrogen (secondary N) is 3. The quantitative estimate of drug-likeness (QED) is 0.463. The van der Waals surface area contributed by atoms with Crippen LogP contribution in [0.2, 0.25) is 5.02 Å². The Morgan fingerprint density at radius 3 is 2.55 bits per heavy atom. The highest BCUT2D eigenvalue weighted by Crippen LogP contribution is 2.34. The molecule has 0 aliphatic carbocycles. The number of amides is 3. The number of aromatic amines is 1. The molecule has 6 nitrogen and oxygen atoms in total. The van der Waals surface area contributed by atoms with Gasteiger partial charge >= 0.3 is 6.03 Å². The van der Waals surface area contributed by atoms with Gasteiger partial charge in [-0.05, 0) is 42.5 Å². The van der Waals surface area contributed by atoms with Crippen molar-refractivity contribution < 1.29 is 9.59 Å². The van der Waals surface area contributed by atoms with Crippen LogP contribution in [0.1, 0.15) is 43.2 Å². The molecule has 3 aromatic rings. The van der Waals surface area contributed by atoms with E-state index in [1.54, 1.807) is 0 Å². The van der Waals surface area contributed by atoms with Gasteiger partial charge in [-0.1, -0.05) is 54.9 Å². The highest BCUT2D eigenvalue weighted by atomic mass is 35.5. The highest BCUT2D eigenvalue weighted by Gasteiger charge is 2.28. The average Bonchev–Trinajstić information content (AvgIpc) is 3.27. The van der Waals surface area contributed by atoms with E-state index in [4.69, 9.17) is 11.6 Å². The van der Waals surface area contributed by atoms with Crippen LogP contribution in [0.15, 0.2) is 54.7 Å². The molecule has 0 spiro atoms. The molecular formula is C26H31ClN4O2. The Morgan fingerprint density at radius 1 is 1.06 bits per heavy atom. The van der Waals surface area contributed by atoms with Crippen molar-refractivity contribution in [3.63, 3.8) is 0 Å². The first-order valence-electron chi connectivity index (χ1n) is 11.7. The van der Waals surface area contributed by atoms with E-state index in [0.717, 1.165) is 28.5 Å². The average molecular weight is 467 g/mol. The molecule has 1 aromatic heterocycles. The van der Waals surface area contributed by atoms with Crippen molar-refractivity contribution in [3.05, 3.63) is 70.9 Å². The van der Waals surface area contributed by atoms with Crippen LogP contribution in [0.5, 0.6) is 0 Å². The Labute approximate surface area is 199 Å². The molecule has 1 fully saturated rings. The SMILES string of the molecule is CCCNC(=O)C1CCN(C(=O)NCC(c2ccccc2Cl)c2c[nH]c3ccccc23)CC1. The molecule has 1 aliphatic heterocycles. The van der Waals surface area contributed by atoms with Crippen molar-refractivity contribution in [1.29, 1.82) is 0 Å². The fraction of sp³-hybridized carbons (Fsp3) is 0.385. The lowest BCUT2D eigenvalue weighted by Crippen LogP contribution is -2.47. The monoisotopic (exact) mass is 466 g/mol. The van der Waals surface area contributed by atoms with Crippen molar-refractivity contribution in [3.8, 4) is 0 Å². The van der Waals surface area contributed by atoms with Gasteiger partial charge in [0.05, 0.1) is 0 Å². The van der Waals surface area contributed by atoms with Crippen molar-refractivity contribution in [2.24, 2.45) is 5.92 Å². The number of fused-ring (bicyclic) bond motifs is 1. The maximum atomic E-state index is 13.0. The molecule has 33 heavy (non-hydrogen) atoms. The van der Waals surface area contributed by atoms with E-state index in [9.17, 15) is 9.59 Å². The summed E-state index contributed by atoms with van der Waals surface area (Å²) in [6.45, 7) is 4.34. The fourth-order valence-electron chi connectivity index (χ4n) is 4.57. The number of carbonyl (C=O) groups is 2. The molecule has 2 aromatic carbocycles. The van der Waals surface area contributed by atoms with Gasteiger partial charge in [-0.15, -0.1) is 0 Å². The summed E-state index contributed by atoms with van der Waals surface area (Å²) >= 11 is 6.56. The number of carbonyl (C=O) groups excluding carboxylic acids is 2. The van der Waals surface area contributed by atoms with Crippen molar-refractivity contribution in [2.45, 2.75) is 32.1 Å². The van der Waals surface area contributed by atoms with Gasteiger partial charge in [-0.25, -0.2) is 4.79 Å². The third kappa shape index (κ3) is 5.33. The number of H-pyrrole nitrogens is 1. The Balaban J connectivity index is 1.44. The lowest BCUT2D eigenvalue weighted by molar-refractivity contribution is -0.126. The lowest BCUT2D eigenvalue weighted by atomic mass is 9.90. The first kappa shape index (κ1) is 23.2. The second kappa shape index (κ2) is 10.8.